The third-order valence-electron chi connectivity index (χ3n) is 6.94. The number of aryl methyl sites for hydroxylation is 1. The molecule has 1 aromatic rings. The number of amides is 2. The first-order valence-electron chi connectivity index (χ1n) is 12.4. The van der Waals surface area contributed by atoms with Gasteiger partial charge in [-0.3, -0.25) is 9.59 Å². The van der Waals surface area contributed by atoms with Crippen LogP contribution in [-0.4, -0.2) is 41.8 Å². The summed E-state index contributed by atoms with van der Waals surface area (Å²) in [4.78, 5) is 28.2. The van der Waals surface area contributed by atoms with Crippen LogP contribution in [0.25, 0.3) is 5.57 Å². The van der Waals surface area contributed by atoms with Gasteiger partial charge in [0.2, 0.25) is 5.91 Å². The third-order valence-corrected chi connectivity index (χ3v) is 6.94. The van der Waals surface area contributed by atoms with E-state index in [1.165, 1.54) is 28.1 Å². The molecule has 2 heterocycles. The second kappa shape index (κ2) is 11.4. The van der Waals surface area contributed by atoms with Crippen LogP contribution in [0.2, 0.25) is 0 Å². The summed E-state index contributed by atoms with van der Waals surface area (Å²) in [7, 11) is 1.66. The quantitative estimate of drug-likeness (QED) is 0.582. The van der Waals surface area contributed by atoms with Crippen LogP contribution in [0.4, 0.5) is 0 Å². The maximum absolute atomic E-state index is 12.1. The molecule has 2 aliphatic heterocycles. The summed E-state index contributed by atoms with van der Waals surface area (Å²) in [6.45, 7) is 11.9. The number of likely N-dealkylation sites (tertiary alicyclic amines) is 1. The second-order valence-corrected chi connectivity index (χ2v) is 9.45. The molecule has 0 unspecified atom stereocenters. The SMILES string of the molecule is CC/C=C1\C=C(C)C=CN1/C(CC1CCN(C(C)=O)CC1)=C(\C)c1ccc(C(=O)NC)cc1C. The van der Waals surface area contributed by atoms with Crippen molar-refractivity contribution in [2.75, 3.05) is 20.1 Å². The molecule has 0 aromatic heterocycles. The lowest BCUT2D eigenvalue weighted by molar-refractivity contribution is -0.130. The summed E-state index contributed by atoms with van der Waals surface area (Å²) in [5, 5.41) is 2.71. The van der Waals surface area contributed by atoms with Crippen LogP contribution < -0.4 is 5.32 Å². The van der Waals surface area contributed by atoms with Crippen molar-refractivity contribution < 1.29 is 9.59 Å². The van der Waals surface area contributed by atoms with Crippen molar-refractivity contribution in [3.63, 3.8) is 0 Å². The molecule has 0 radical (unpaired) electrons. The first kappa shape index (κ1) is 25.5. The average molecular weight is 462 g/mol. The van der Waals surface area contributed by atoms with E-state index in [0.717, 1.165) is 44.3 Å². The Hall–Kier alpha value is -3.08. The lowest BCUT2D eigenvalue weighted by Gasteiger charge is -2.36. The van der Waals surface area contributed by atoms with Gasteiger partial charge in [-0.1, -0.05) is 19.1 Å². The molecule has 1 saturated heterocycles. The van der Waals surface area contributed by atoms with Gasteiger partial charge in [0, 0.05) is 50.2 Å². The van der Waals surface area contributed by atoms with Gasteiger partial charge in [-0.25, -0.2) is 0 Å². The van der Waals surface area contributed by atoms with E-state index in [2.05, 4.69) is 68.4 Å². The molecule has 3 rings (SSSR count). The van der Waals surface area contributed by atoms with Crippen LogP contribution in [0.3, 0.4) is 0 Å². The summed E-state index contributed by atoms with van der Waals surface area (Å²) in [6.07, 6.45) is 12.8. The molecule has 5 nitrogen and oxygen atoms in total. The van der Waals surface area contributed by atoms with Crippen LogP contribution in [0.1, 0.15) is 74.9 Å². The summed E-state index contributed by atoms with van der Waals surface area (Å²) < 4.78 is 0. The number of allylic oxidation sites excluding steroid dienone is 6. The minimum atomic E-state index is -0.0681. The Bertz CT molecular complexity index is 1050. The fraction of sp³-hybridized carbons (Fsp3) is 0.448. The highest BCUT2D eigenvalue weighted by atomic mass is 16.2. The maximum atomic E-state index is 12.1. The highest BCUT2D eigenvalue weighted by molar-refractivity contribution is 5.94. The van der Waals surface area contributed by atoms with Crippen molar-refractivity contribution >= 4 is 17.4 Å². The Morgan fingerprint density at radius 2 is 1.85 bits per heavy atom. The van der Waals surface area contributed by atoms with Gasteiger partial charge < -0.3 is 15.1 Å². The molecular formula is C29H39N3O2. The molecule has 1 N–H and O–H groups in total. The number of rotatable bonds is 6. The lowest BCUT2D eigenvalue weighted by Crippen LogP contribution is -2.37. The Balaban J connectivity index is 2.01. The van der Waals surface area contributed by atoms with Gasteiger partial charge in [0.15, 0.2) is 0 Å². The largest absolute Gasteiger partial charge is 0.355 e. The zero-order chi connectivity index (χ0) is 24.8. The normalized spacial score (nSPS) is 18.6. The molecule has 2 amide bonds. The minimum absolute atomic E-state index is 0.0681. The van der Waals surface area contributed by atoms with Crippen LogP contribution in [-0.2, 0) is 4.79 Å². The predicted molar refractivity (Wildman–Crippen MR) is 140 cm³/mol. The van der Waals surface area contributed by atoms with Gasteiger partial charge in [0.25, 0.3) is 5.91 Å². The van der Waals surface area contributed by atoms with E-state index in [4.69, 9.17) is 0 Å². The van der Waals surface area contributed by atoms with Crippen molar-refractivity contribution in [2.24, 2.45) is 5.92 Å². The van der Waals surface area contributed by atoms with Gasteiger partial charge in [-0.2, -0.15) is 0 Å². The topological polar surface area (TPSA) is 52.7 Å². The van der Waals surface area contributed by atoms with E-state index in [0.29, 0.717) is 11.5 Å². The van der Waals surface area contributed by atoms with Crippen molar-refractivity contribution in [3.05, 3.63) is 76.3 Å². The molecule has 2 aliphatic rings. The number of carbonyl (C=O) groups is 2. The smallest absolute Gasteiger partial charge is 0.251 e. The molecular weight excluding hydrogens is 422 g/mol. The number of hydrogen-bond acceptors (Lipinski definition) is 3. The van der Waals surface area contributed by atoms with Crippen LogP contribution in [0.15, 0.2) is 59.6 Å². The zero-order valence-electron chi connectivity index (χ0n) is 21.6. The number of nitrogens with zero attached hydrogens (tertiary/aromatic N) is 2. The zero-order valence-corrected chi connectivity index (χ0v) is 21.6. The van der Waals surface area contributed by atoms with Crippen molar-refractivity contribution in [1.29, 1.82) is 0 Å². The van der Waals surface area contributed by atoms with Gasteiger partial charge in [-0.15, -0.1) is 0 Å². The van der Waals surface area contributed by atoms with E-state index >= 15 is 0 Å². The van der Waals surface area contributed by atoms with Crippen LogP contribution in [0, 0.1) is 12.8 Å². The Kier molecular flexibility index (Phi) is 8.54. The lowest BCUT2D eigenvalue weighted by atomic mass is 9.88. The monoisotopic (exact) mass is 461 g/mol. The van der Waals surface area contributed by atoms with E-state index in [-0.39, 0.29) is 11.8 Å². The van der Waals surface area contributed by atoms with Crippen LogP contribution >= 0.6 is 0 Å². The summed E-state index contributed by atoms with van der Waals surface area (Å²) in [5.41, 5.74) is 7.91. The minimum Gasteiger partial charge on any atom is -0.355 e. The fourth-order valence-electron chi connectivity index (χ4n) is 4.92. The molecule has 1 fully saturated rings. The Morgan fingerprint density at radius 3 is 2.44 bits per heavy atom. The van der Waals surface area contributed by atoms with Gasteiger partial charge in [0.1, 0.15) is 0 Å². The first-order chi connectivity index (χ1) is 16.2. The molecule has 0 saturated carbocycles. The van der Waals surface area contributed by atoms with E-state index in [1.807, 2.05) is 17.0 Å². The molecule has 0 bridgehead atoms. The number of benzene rings is 1. The Morgan fingerprint density at radius 1 is 1.15 bits per heavy atom. The summed E-state index contributed by atoms with van der Waals surface area (Å²) >= 11 is 0. The molecule has 5 heteroatoms. The van der Waals surface area contributed by atoms with Gasteiger partial charge >= 0.3 is 0 Å². The molecule has 0 spiro atoms. The van der Waals surface area contributed by atoms with E-state index in [1.54, 1.807) is 14.0 Å². The van der Waals surface area contributed by atoms with Gasteiger partial charge in [0.05, 0.1) is 0 Å². The Labute approximate surface area is 204 Å². The standard InChI is InChI=1S/C29H39N3O2/c1-7-8-26-17-20(2)11-16-32(26)28(19-24-12-14-31(15-13-24)23(5)33)22(4)27-10-9-25(18-21(27)3)29(34)30-6/h8-11,16-18,24H,7,12-15,19H2,1-6H3,(H,30,34)/b26-8+,28-22+. The number of piperidine rings is 1. The molecule has 1 aromatic carbocycles. The molecule has 0 aliphatic carbocycles. The van der Waals surface area contributed by atoms with E-state index < -0.39 is 0 Å². The van der Waals surface area contributed by atoms with Gasteiger partial charge in [-0.05, 0) is 98.9 Å². The summed E-state index contributed by atoms with van der Waals surface area (Å²) in [6, 6.07) is 5.96. The highest BCUT2D eigenvalue weighted by Gasteiger charge is 2.26. The fourth-order valence-corrected chi connectivity index (χ4v) is 4.92. The number of carbonyl (C=O) groups excluding carboxylic acids is 2. The number of nitrogens with one attached hydrogen (secondary N) is 1. The highest BCUT2D eigenvalue weighted by Crippen LogP contribution is 2.36. The summed E-state index contributed by atoms with van der Waals surface area (Å²) in [5.74, 6) is 0.626. The third kappa shape index (κ3) is 5.88. The number of hydrogen-bond donors (Lipinski definition) is 1. The first-order valence-corrected chi connectivity index (χ1v) is 12.4. The van der Waals surface area contributed by atoms with Crippen molar-refractivity contribution in [3.8, 4) is 0 Å². The molecule has 0 atom stereocenters. The molecule has 34 heavy (non-hydrogen) atoms. The van der Waals surface area contributed by atoms with Crippen molar-refractivity contribution in [1.82, 2.24) is 15.1 Å². The molecule has 182 valence electrons. The second-order valence-electron chi connectivity index (χ2n) is 9.45. The predicted octanol–water partition coefficient (Wildman–Crippen LogP) is 5.80. The van der Waals surface area contributed by atoms with E-state index in [9.17, 15) is 9.59 Å². The maximum Gasteiger partial charge on any atom is 0.251 e. The average Bonchev–Trinajstić information content (AvgIpc) is 2.82. The van der Waals surface area contributed by atoms with Crippen molar-refractivity contribution in [2.45, 2.75) is 60.3 Å². The van der Waals surface area contributed by atoms with Crippen LogP contribution in [0.5, 0.6) is 0 Å².